The molecule has 16 heavy (non-hydrogen) atoms. The quantitative estimate of drug-likeness (QED) is 0.846. The lowest BCUT2D eigenvalue weighted by Crippen LogP contribution is -2.20. The van der Waals surface area contributed by atoms with E-state index in [1.807, 2.05) is 13.8 Å². The largest absolute Gasteiger partial charge is 0.316 e. The number of hydrogen-bond donors (Lipinski definition) is 2. The number of aromatic amines is 1. The normalized spacial score (nSPS) is 13.3. The first-order chi connectivity index (χ1) is 7.61. The molecule has 0 aliphatic carbocycles. The SMILES string of the molecule is CC(C)n1ncc(Cl)c1C(N)c1ncn[nH]1. The van der Waals surface area contributed by atoms with Crippen LogP contribution in [0.15, 0.2) is 12.5 Å². The second-order valence-electron chi connectivity index (χ2n) is 3.76. The molecule has 2 aromatic heterocycles. The predicted molar refractivity (Wildman–Crippen MR) is 60.0 cm³/mol. The molecule has 7 heteroatoms. The molecule has 0 spiro atoms. The highest BCUT2D eigenvalue weighted by Crippen LogP contribution is 2.26. The third kappa shape index (κ3) is 1.81. The fraction of sp³-hybridized carbons (Fsp3) is 0.444. The molecule has 0 bridgehead atoms. The van der Waals surface area contributed by atoms with Crippen LogP contribution < -0.4 is 5.73 Å². The Kier molecular flexibility index (Phi) is 2.93. The summed E-state index contributed by atoms with van der Waals surface area (Å²) in [5.41, 5.74) is 6.81. The number of rotatable bonds is 3. The van der Waals surface area contributed by atoms with Crippen molar-refractivity contribution in [3.63, 3.8) is 0 Å². The van der Waals surface area contributed by atoms with Crippen LogP contribution in [-0.4, -0.2) is 25.0 Å². The van der Waals surface area contributed by atoms with Gasteiger partial charge in [-0.2, -0.15) is 10.2 Å². The summed E-state index contributed by atoms with van der Waals surface area (Å²) in [5, 5.41) is 11.2. The Hall–Kier alpha value is -1.40. The van der Waals surface area contributed by atoms with Gasteiger partial charge in [0.1, 0.15) is 18.2 Å². The highest BCUT2D eigenvalue weighted by Gasteiger charge is 2.21. The van der Waals surface area contributed by atoms with Crippen LogP contribution in [0.3, 0.4) is 0 Å². The lowest BCUT2D eigenvalue weighted by molar-refractivity contribution is 0.495. The number of aromatic nitrogens is 5. The van der Waals surface area contributed by atoms with Crippen molar-refractivity contribution in [2.24, 2.45) is 5.73 Å². The van der Waals surface area contributed by atoms with E-state index in [2.05, 4.69) is 20.3 Å². The van der Waals surface area contributed by atoms with Crippen LogP contribution >= 0.6 is 11.6 Å². The standard InChI is InChI=1S/C9H13ClN6/c1-5(2)16-8(6(10)3-14-16)7(11)9-12-4-13-15-9/h3-5,7H,11H2,1-2H3,(H,12,13,15). The number of hydrogen-bond acceptors (Lipinski definition) is 4. The van der Waals surface area contributed by atoms with E-state index in [4.69, 9.17) is 17.3 Å². The van der Waals surface area contributed by atoms with Gasteiger partial charge < -0.3 is 5.73 Å². The minimum Gasteiger partial charge on any atom is -0.316 e. The van der Waals surface area contributed by atoms with Crippen molar-refractivity contribution in [1.29, 1.82) is 0 Å². The molecule has 0 fully saturated rings. The molecule has 1 atom stereocenters. The van der Waals surface area contributed by atoms with E-state index < -0.39 is 6.04 Å². The zero-order valence-corrected chi connectivity index (χ0v) is 9.81. The first-order valence-electron chi connectivity index (χ1n) is 4.95. The lowest BCUT2D eigenvalue weighted by Gasteiger charge is -2.15. The average molecular weight is 241 g/mol. The van der Waals surface area contributed by atoms with Gasteiger partial charge in [-0.15, -0.1) is 0 Å². The topological polar surface area (TPSA) is 85.4 Å². The lowest BCUT2D eigenvalue weighted by atomic mass is 10.2. The smallest absolute Gasteiger partial charge is 0.147 e. The number of halogens is 1. The Morgan fingerprint density at radius 1 is 1.50 bits per heavy atom. The van der Waals surface area contributed by atoms with Gasteiger partial charge in [-0.25, -0.2) is 4.98 Å². The molecule has 2 rings (SSSR count). The molecule has 6 nitrogen and oxygen atoms in total. The summed E-state index contributed by atoms with van der Waals surface area (Å²) >= 11 is 6.08. The van der Waals surface area contributed by atoms with Gasteiger partial charge in [-0.05, 0) is 13.8 Å². The van der Waals surface area contributed by atoms with Crippen LogP contribution in [0.5, 0.6) is 0 Å². The van der Waals surface area contributed by atoms with Crippen LogP contribution in [-0.2, 0) is 0 Å². The molecule has 0 aliphatic heterocycles. The average Bonchev–Trinajstić information content (AvgIpc) is 2.84. The van der Waals surface area contributed by atoms with Crippen molar-refractivity contribution in [3.05, 3.63) is 29.1 Å². The molecule has 0 saturated carbocycles. The van der Waals surface area contributed by atoms with Gasteiger partial charge in [-0.3, -0.25) is 9.78 Å². The second kappa shape index (κ2) is 4.23. The molecular formula is C9H13ClN6. The maximum Gasteiger partial charge on any atom is 0.147 e. The molecule has 0 aliphatic rings. The Morgan fingerprint density at radius 2 is 2.25 bits per heavy atom. The van der Waals surface area contributed by atoms with Crippen molar-refractivity contribution in [2.75, 3.05) is 0 Å². The number of H-pyrrole nitrogens is 1. The van der Waals surface area contributed by atoms with Crippen molar-refractivity contribution in [2.45, 2.75) is 25.9 Å². The summed E-state index contributed by atoms with van der Waals surface area (Å²) in [6.45, 7) is 4.03. The summed E-state index contributed by atoms with van der Waals surface area (Å²) in [6, 6.07) is -0.253. The molecule has 0 aromatic carbocycles. The second-order valence-corrected chi connectivity index (χ2v) is 4.17. The maximum atomic E-state index is 6.08. The minimum absolute atomic E-state index is 0.191. The Bertz CT molecular complexity index is 460. The highest BCUT2D eigenvalue weighted by molar-refractivity contribution is 6.31. The molecule has 0 amide bonds. The number of nitrogens with zero attached hydrogens (tertiary/aromatic N) is 4. The third-order valence-electron chi connectivity index (χ3n) is 2.30. The van der Waals surface area contributed by atoms with Gasteiger partial charge in [0.2, 0.25) is 0 Å². The van der Waals surface area contributed by atoms with Crippen LogP contribution in [0.2, 0.25) is 5.02 Å². The molecule has 1 unspecified atom stereocenters. The van der Waals surface area contributed by atoms with Crippen molar-refractivity contribution >= 4 is 11.6 Å². The van der Waals surface area contributed by atoms with Gasteiger partial charge in [-0.1, -0.05) is 11.6 Å². The molecule has 2 heterocycles. The predicted octanol–water partition coefficient (Wildman–Crippen LogP) is 1.28. The summed E-state index contributed by atoms with van der Waals surface area (Å²) < 4.78 is 1.79. The van der Waals surface area contributed by atoms with Gasteiger partial charge in [0.25, 0.3) is 0 Å². The van der Waals surface area contributed by atoms with E-state index >= 15 is 0 Å². The van der Waals surface area contributed by atoms with E-state index in [1.54, 1.807) is 10.9 Å². The van der Waals surface area contributed by atoms with Crippen molar-refractivity contribution < 1.29 is 0 Å². The van der Waals surface area contributed by atoms with E-state index in [0.29, 0.717) is 10.8 Å². The van der Waals surface area contributed by atoms with E-state index in [-0.39, 0.29) is 6.04 Å². The van der Waals surface area contributed by atoms with E-state index in [9.17, 15) is 0 Å². The first-order valence-corrected chi connectivity index (χ1v) is 5.32. The van der Waals surface area contributed by atoms with Gasteiger partial charge >= 0.3 is 0 Å². The summed E-state index contributed by atoms with van der Waals surface area (Å²) in [4.78, 5) is 4.02. The summed E-state index contributed by atoms with van der Waals surface area (Å²) in [6.07, 6.45) is 3.01. The Morgan fingerprint density at radius 3 is 2.81 bits per heavy atom. The number of nitrogens with two attached hydrogens (primary N) is 1. The van der Waals surface area contributed by atoms with Crippen LogP contribution in [0.25, 0.3) is 0 Å². The molecule has 0 saturated heterocycles. The molecular weight excluding hydrogens is 228 g/mol. The molecule has 3 N–H and O–H groups in total. The third-order valence-corrected chi connectivity index (χ3v) is 2.59. The molecule has 0 radical (unpaired) electrons. The Labute approximate surface area is 97.8 Å². The van der Waals surface area contributed by atoms with Gasteiger partial charge in [0, 0.05) is 6.04 Å². The Balaban J connectivity index is 2.43. The minimum atomic E-state index is -0.445. The zero-order chi connectivity index (χ0) is 11.7. The molecule has 2 aromatic rings. The fourth-order valence-electron chi connectivity index (χ4n) is 1.55. The van der Waals surface area contributed by atoms with Crippen LogP contribution in [0.1, 0.15) is 37.4 Å². The van der Waals surface area contributed by atoms with Gasteiger partial charge in [0.05, 0.1) is 16.9 Å². The van der Waals surface area contributed by atoms with Crippen LogP contribution in [0, 0.1) is 0 Å². The molecule has 86 valence electrons. The van der Waals surface area contributed by atoms with Crippen LogP contribution in [0.4, 0.5) is 0 Å². The fourth-order valence-corrected chi connectivity index (χ4v) is 1.80. The maximum absolute atomic E-state index is 6.08. The van der Waals surface area contributed by atoms with E-state index in [0.717, 1.165) is 5.69 Å². The van der Waals surface area contributed by atoms with Crippen molar-refractivity contribution in [3.8, 4) is 0 Å². The monoisotopic (exact) mass is 240 g/mol. The highest BCUT2D eigenvalue weighted by atomic mass is 35.5. The summed E-state index contributed by atoms with van der Waals surface area (Å²) in [7, 11) is 0. The van der Waals surface area contributed by atoms with Crippen molar-refractivity contribution in [1.82, 2.24) is 25.0 Å². The van der Waals surface area contributed by atoms with E-state index in [1.165, 1.54) is 6.33 Å². The first kappa shape index (κ1) is 11.1. The zero-order valence-electron chi connectivity index (χ0n) is 9.05. The number of nitrogens with one attached hydrogen (secondary N) is 1. The summed E-state index contributed by atoms with van der Waals surface area (Å²) in [5.74, 6) is 0.573. The van der Waals surface area contributed by atoms with Gasteiger partial charge in [0.15, 0.2) is 0 Å².